The van der Waals surface area contributed by atoms with E-state index in [1.807, 2.05) is 42.5 Å². The summed E-state index contributed by atoms with van der Waals surface area (Å²) in [6.45, 7) is 1.62. The smallest absolute Gasteiger partial charge is 0.163 e. The van der Waals surface area contributed by atoms with E-state index in [-0.39, 0.29) is 0 Å². The average Bonchev–Trinajstić information content (AvgIpc) is 2.76. The van der Waals surface area contributed by atoms with E-state index in [0.717, 1.165) is 54.0 Å². The van der Waals surface area contributed by atoms with Gasteiger partial charge in [-0.2, -0.15) is 5.10 Å². The second-order valence-electron chi connectivity index (χ2n) is 6.71. The molecule has 2 aromatic carbocycles. The fourth-order valence-corrected chi connectivity index (χ4v) is 3.56. The molecule has 30 heavy (non-hydrogen) atoms. The van der Waals surface area contributed by atoms with Gasteiger partial charge in [0.1, 0.15) is 11.6 Å². The molecule has 152 valence electrons. The molecule has 0 atom stereocenters. The Morgan fingerprint density at radius 2 is 1.67 bits per heavy atom. The summed E-state index contributed by atoms with van der Waals surface area (Å²) in [5.41, 5.74) is 1.61. The van der Waals surface area contributed by atoms with Crippen LogP contribution in [0.4, 0.5) is 11.6 Å². The molecule has 6 nitrogen and oxygen atoms in total. The first-order valence-electron chi connectivity index (χ1n) is 9.68. The minimum Gasteiger partial charge on any atom is -0.369 e. The molecule has 0 bridgehead atoms. The predicted molar refractivity (Wildman–Crippen MR) is 123 cm³/mol. The second-order valence-corrected chi connectivity index (χ2v) is 7.55. The summed E-state index contributed by atoms with van der Waals surface area (Å²) >= 11 is 12.4. The van der Waals surface area contributed by atoms with Crippen molar-refractivity contribution in [1.29, 1.82) is 0 Å². The Morgan fingerprint density at radius 3 is 2.47 bits per heavy atom. The lowest BCUT2D eigenvalue weighted by molar-refractivity contribution is 0.789. The lowest BCUT2D eigenvalue weighted by Crippen LogP contribution is -2.09. The van der Waals surface area contributed by atoms with Gasteiger partial charge in [0.25, 0.3) is 0 Å². The van der Waals surface area contributed by atoms with E-state index in [1.54, 1.807) is 18.3 Å². The first-order chi connectivity index (χ1) is 14.7. The topological polar surface area (TPSA) is 75.6 Å². The van der Waals surface area contributed by atoms with Crippen LogP contribution in [0.1, 0.15) is 12.8 Å². The van der Waals surface area contributed by atoms with E-state index < -0.39 is 0 Å². The standard InChI is InChI=1S/C22H20Cl2N6/c23-15-9-10-16(18(24)14-15)22-28-19-7-2-1-6-17(19)21(29-22)26-12-4-3-11-25-20-8-5-13-27-30-20/h1-2,5-10,13-14H,3-4,11-12H2,(H,25,30)(H,26,28,29). The van der Waals surface area contributed by atoms with Gasteiger partial charge in [-0.25, -0.2) is 9.97 Å². The molecule has 4 aromatic rings. The number of para-hydroxylation sites is 1. The van der Waals surface area contributed by atoms with Crippen LogP contribution in [0.5, 0.6) is 0 Å². The van der Waals surface area contributed by atoms with Crippen molar-refractivity contribution in [3.8, 4) is 11.4 Å². The number of benzene rings is 2. The van der Waals surface area contributed by atoms with E-state index in [9.17, 15) is 0 Å². The zero-order valence-corrected chi connectivity index (χ0v) is 17.7. The predicted octanol–water partition coefficient (Wildman–Crippen LogP) is 5.70. The highest BCUT2D eigenvalue weighted by Crippen LogP contribution is 2.31. The largest absolute Gasteiger partial charge is 0.369 e. The van der Waals surface area contributed by atoms with Crippen molar-refractivity contribution in [2.24, 2.45) is 0 Å². The van der Waals surface area contributed by atoms with Crippen LogP contribution in [0.3, 0.4) is 0 Å². The number of anilines is 2. The van der Waals surface area contributed by atoms with Crippen molar-refractivity contribution in [2.45, 2.75) is 12.8 Å². The van der Waals surface area contributed by atoms with Gasteiger partial charge in [-0.05, 0) is 55.3 Å². The van der Waals surface area contributed by atoms with E-state index in [0.29, 0.717) is 15.9 Å². The maximum Gasteiger partial charge on any atom is 0.163 e. The van der Waals surface area contributed by atoms with Gasteiger partial charge in [0.15, 0.2) is 5.82 Å². The van der Waals surface area contributed by atoms with Crippen LogP contribution in [0.15, 0.2) is 60.8 Å². The first-order valence-corrected chi connectivity index (χ1v) is 10.4. The van der Waals surface area contributed by atoms with Crippen LogP contribution < -0.4 is 10.6 Å². The average molecular weight is 439 g/mol. The summed E-state index contributed by atoms with van der Waals surface area (Å²) in [7, 11) is 0. The number of aromatic nitrogens is 4. The fraction of sp³-hybridized carbons (Fsp3) is 0.182. The highest BCUT2D eigenvalue weighted by atomic mass is 35.5. The Morgan fingerprint density at radius 1 is 0.833 bits per heavy atom. The van der Waals surface area contributed by atoms with E-state index in [2.05, 4.69) is 25.8 Å². The van der Waals surface area contributed by atoms with Crippen LogP contribution in [0.2, 0.25) is 10.0 Å². The normalized spacial score (nSPS) is 10.9. The molecule has 0 saturated heterocycles. The molecule has 2 N–H and O–H groups in total. The fourth-order valence-electron chi connectivity index (χ4n) is 3.07. The van der Waals surface area contributed by atoms with E-state index in [1.165, 1.54) is 0 Å². The molecule has 2 heterocycles. The molecule has 0 fully saturated rings. The molecule has 0 radical (unpaired) electrons. The van der Waals surface area contributed by atoms with Crippen molar-refractivity contribution in [1.82, 2.24) is 20.2 Å². The van der Waals surface area contributed by atoms with Gasteiger partial charge in [0, 0.05) is 35.3 Å². The number of unbranched alkanes of at least 4 members (excludes halogenated alkanes) is 1. The van der Waals surface area contributed by atoms with Crippen LogP contribution in [0.25, 0.3) is 22.3 Å². The number of hydrogen-bond donors (Lipinski definition) is 2. The summed E-state index contributed by atoms with van der Waals surface area (Å²) in [5, 5.41) is 16.7. The van der Waals surface area contributed by atoms with Gasteiger partial charge < -0.3 is 10.6 Å². The minimum absolute atomic E-state index is 0.527. The van der Waals surface area contributed by atoms with Gasteiger partial charge >= 0.3 is 0 Å². The molecule has 0 aliphatic heterocycles. The Hall–Kier alpha value is -2.96. The Bertz CT molecular complexity index is 1140. The molecule has 0 aliphatic rings. The van der Waals surface area contributed by atoms with E-state index in [4.69, 9.17) is 28.2 Å². The van der Waals surface area contributed by atoms with Gasteiger partial charge in [-0.1, -0.05) is 35.3 Å². The molecule has 0 aliphatic carbocycles. The monoisotopic (exact) mass is 438 g/mol. The first kappa shape index (κ1) is 20.3. The van der Waals surface area contributed by atoms with Crippen molar-refractivity contribution in [3.05, 3.63) is 70.8 Å². The number of nitrogens with zero attached hydrogens (tertiary/aromatic N) is 4. The van der Waals surface area contributed by atoms with Crippen LogP contribution >= 0.6 is 23.2 Å². The Labute approximate surface area is 184 Å². The molecule has 0 unspecified atom stereocenters. The zero-order valence-electron chi connectivity index (χ0n) is 16.1. The molecule has 2 aromatic heterocycles. The van der Waals surface area contributed by atoms with Crippen molar-refractivity contribution in [2.75, 3.05) is 23.7 Å². The number of fused-ring (bicyclic) bond motifs is 1. The van der Waals surface area contributed by atoms with Gasteiger partial charge in [0.05, 0.1) is 10.5 Å². The highest BCUT2D eigenvalue weighted by Gasteiger charge is 2.12. The van der Waals surface area contributed by atoms with Gasteiger partial charge in [-0.3, -0.25) is 0 Å². The molecular weight excluding hydrogens is 419 g/mol. The Kier molecular flexibility index (Phi) is 6.57. The molecular formula is C22H20Cl2N6. The minimum atomic E-state index is 0.527. The third-order valence-corrected chi connectivity index (χ3v) is 5.10. The highest BCUT2D eigenvalue weighted by molar-refractivity contribution is 6.36. The molecule has 8 heteroatoms. The van der Waals surface area contributed by atoms with Crippen molar-refractivity contribution >= 4 is 45.7 Å². The van der Waals surface area contributed by atoms with Crippen LogP contribution in [0, 0.1) is 0 Å². The molecule has 4 rings (SSSR count). The van der Waals surface area contributed by atoms with Crippen molar-refractivity contribution < 1.29 is 0 Å². The summed E-state index contributed by atoms with van der Waals surface area (Å²) in [6, 6.07) is 17.0. The quantitative estimate of drug-likeness (QED) is 0.343. The van der Waals surface area contributed by atoms with Gasteiger partial charge in [-0.15, -0.1) is 5.10 Å². The third kappa shape index (κ3) is 4.96. The maximum atomic E-state index is 6.38. The SMILES string of the molecule is Clc1ccc(-c2nc(NCCCCNc3cccnn3)c3ccccc3n2)c(Cl)c1. The maximum absolute atomic E-state index is 6.38. The van der Waals surface area contributed by atoms with Crippen molar-refractivity contribution in [3.63, 3.8) is 0 Å². The second kappa shape index (κ2) is 9.69. The van der Waals surface area contributed by atoms with E-state index >= 15 is 0 Å². The van der Waals surface area contributed by atoms with Crippen LogP contribution in [-0.4, -0.2) is 33.3 Å². The molecule has 0 saturated carbocycles. The number of hydrogen-bond acceptors (Lipinski definition) is 6. The molecule has 0 spiro atoms. The lowest BCUT2D eigenvalue weighted by atomic mass is 10.1. The van der Waals surface area contributed by atoms with Crippen LogP contribution in [-0.2, 0) is 0 Å². The lowest BCUT2D eigenvalue weighted by Gasteiger charge is -2.12. The summed E-state index contributed by atoms with van der Waals surface area (Å²) in [5.74, 6) is 2.16. The number of rotatable bonds is 8. The summed E-state index contributed by atoms with van der Waals surface area (Å²) in [4.78, 5) is 9.43. The van der Waals surface area contributed by atoms with Gasteiger partial charge in [0.2, 0.25) is 0 Å². The molecule has 0 amide bonds. The third-order valence-electron chi connectivity index (χ3n) is 4.55. The summed E-state index contributed by atoms with van der Waals surface area (Å²) < 4.78 is 0. The number of halogens is 2. The Balaban J connectivity index is 1.45. The zero-order chi connectivity index (χ0) is 20.8. The number of nitrogens with one attached hydrogen (secondary N) is 2. The summed E-state index contributed by atoms with van der Waals surface area (Å²) in [6.07, 6.45) is 3.62.